The fraction of sp³-hybridized carbons (Fsp3) is 0.300. The Hall–Kier alpha value is -1.58. The van der Waals surface area contributed by atoms with Crippen LogP contribution in [0.3, 0.4) is 0 Å². The van der Waals surface area contributed by atoms with Crippen LogP contribution in [0.5, 0.6) is 5.75 Å². The van der Waals surface area contributed by atoms with Crippen molar-refractivity contribution in [2.75, 3.05) is 0 Å². The molecule has 0 saturated carbocycles. The van der Waals surface area contributed by atoms with E-state index >= 15 is 0 Å². The van der Waals surface area contributed by atoms with E-state index in [0.717, 1.165) is 0 Å². The molecule has 2 N–H and O–H groups in total. The van der Waals surface area contributed by atoms with Gasteiger partial charge in [-0.2, -0.15) is 0 Å². The first-order valence-corrected chi connectivity index (χ1v) is 4.35. The average molecular weight is 197 g/mol. The number of carbonyl (C=O) groups is 1. The van der Waals surface area contributed by atoms with Gasteiger partial charge >= 0.3 is 0 Å². The lowest BCUT2D eigenvalue weighted by molar-refractivity contribution is -0.124. The zero-order valence-electron chi connectivity index (χ0n) is 7.87. The number of primary amides is 1. The summed E-state index contributed by atoms with van der Waals surface area (Å²) in [6.07, 6.45) is -0.160. The van der Waals surface area contributed by atoms with Gasteiger partial charge in [0.1, 0.15) is 11.6 Å². The van der Waals surface area contributed by atoms with Crippen LogP contribution in [-0.4, -0.2) is 12.0 Å². The third kappa shape index (κ3) is 2.73. The summed E-state index contributed by atoms with van der Waals surface area (Å²) in [5.74, 6) is -0.418. The molecule has 0 bridgehead atoms. The van der Waals surface area contributed by atoms with Crippen LogP contribution in [0, 0.1) is 5.82 Å². The molecule has 0 unspecified atom stereocenters. The first-order chi connectivity index (χ1) is 6.63. The SMILES string of the molecule is CC[C@H](Oc1ccc(F)cc1)C(N)=O. The Morgan fingerprint density at radius 3 is 2.50 bits per heavy atom. The van der Waals surface area contributed by atoms with Gasteiger partial charge in [-0.25, -0.2) is 4.39 Å². The summed E-state index contributed by atoms with van der Waals surface area (Å²) < 4.78 is 17.8. The van der Waals surface area contributed by atoms with Crippen LogP contribution in [0.4, 0.5) is 4.39 Å². The van der Waals surface area contributed by atoms with Crippen molar-refractivity contribution in [3.63, 3.8) is 0 Å². The van der Waals surface area contributed by atoms with E-state index in [1.54, 1.807) is 6.92 Å². The molecule has 0 heterocycles. The van der Waals surface area contributed by atoms with Gasteiger partial charge in [0.05, 0.1) is 0 Å². The van der Waals surface area contributed by atoms with E-state index in [4.69, 9.17) is 10.5 Å². The maximum absolute atomic E-state index is 12.5. The Morgan fingerprint density at radius 1 is 1.50 bits per heavy atom. The first-order valence-electron chi connectivity index (χ1n) is 4.35. The predicted octanol–water partition coefficient (Wildman–Crippen LogP) is 1.47. The zero-order valence-corrected chi connectivity index (χ0v) is 7.87. The lowest BCUT2D eigenvalue weighted by Gasteiger charge is -2.13. The molecule has 4 heteroatoms. The lowest BCUT2D eigenvalue weighted by Crippen LogP contribution is -2.32. The van der Waals surface area contributed by atoms with Crippen molar-refractivity contribution in [2.45, 2.75) is 19.4 Å². The largest absolute Gasteiger partial charge is 0.481 e. The molecular formula is C10H12FNO2. The van der Waals surface area contributed by atoms with Crippen LogP contribution in [0.25, 0.3) is 0 Å². The van der Waals surface area contributed by atoms with Gasteiger partial charge in [-0.1, -0.05) is 6.92 Å². The minimum absolute atomic E-state index is 0.343. The van der Waals surface area contributed by atoms with Crippen molar-refractivity contribution in [3.05, 3.63) is 30.1 Å². The maximum atomic E-state index is 12.5. The monoisotopic (exact) mass is 197 g/mol. The van der Waals surface area contributed by atoms with Gasteiger partial charge in [-0.3, -0.25) is 4.79 Å². The first kappa shape index (κ1) is 10.5. The lowest BCUT2D eigenvalue weighted by atomic mass is 10.2. The molecule has 0 aliphatic heterocycles. The normalized spacial score (nSPS) is 12.1. The summed E-state index contributed by atoms with van der Waals surface area (Å²) in [6, 6.07) is 5.45. The van der Waals surface area contributed by atoms with E-state index in [2.05, 4.69) is 0 Å². The van der Waals surface area contributed by atoms with Crippen molar-refractivity contribution >= 4 is 5.91 Å². The zero-order chi connectivity index (χ0) is 10.6. The molecule has 1 aromatic carbocycles. The van der Waals surface area contributed by atoms with Crippen LogP contribution in [0.2, 0.25) is 0 Å². The van der Waals surface area contributed by atoms with Crippen LogP contribution in [0.15, 0.2) is 24.3 Å². The highest BCUT2D eigenvalue weighted by atomic mass is 19.1. The summed E-state index contributed by atoms with van der Waals surface area (Å²) in [6.45, 7) is 1.79. The van der Waals surface area contributed by atoms with E-state index in [1.165, 1.54) is 24.3 Å². The number of nitrogens with two attached hydrogens (primary N) is 1. The van der Waals surface area contributed by atoms with Gasteiger partial charge in [0.2, 0.25) is 0 Å². The van der Waals surface area contributed by atoms with Crippen molar-refractivity contribution in [1.82, 2.24) is 0 Å². The number of ether oxygens (including phenoxy) is 1. The second kappa shape index (κ2) is 4.60. The summed E-state index contributed by atoms with van der Waals surface area (Å²) >= 11 is 0. The summed E-state index contributed by atoms with van der Waals surface area (Å²) in [5, 5.41) is 0. The second-order valence-corrected chi connectivity index (χ2v) is 2.87. The van der Waals surface area contributed by atoms with Crippen LogP contribution in [0.1, 0.15) is 13.3 Å². The number of carbonyl (C=O) groups excluding carboxylic acids is 1. The molecule has 0 aromatic heterocycles. The number of hydrogen-bond donors (Lipinski definition) is 1. The molecule has 3 nitrogen and oxygen atoms in total. The van der Waals surface area contributed by atoms with Gasteiger partial charge in [-0.15, -0.1) is 0 Å². The topological polar surface area (TPSA) is 52.3 Å². The number of amides is 1. The smallest absolute Gasteiger partial charge is 0.258 e. The molecule has 14 heavy (non-hydrogen) atoms. The second-order valence-electron chi connectivity index (χ2n) is 2.87. The number of hydrogen-bond acceptors (Lipinski definition) is 2. The molecular weight excluding hydrogens is 185 g/mol. The molecule has 0 aliphatic rings. The molecule has 0 saturated heterocycles. The molecule has 76 valence electrons. The van der Waals surface area contributed by atoms with Gasteiger partial charge in [-0.05, 0) is 30.7 Å². The predicted molar refractivity (Wildman–Crippen MR) is 50.3 cm³/mol. The summed E-state index contributed by atoms with van der Waals surface area (Å²) in [7, 11) is 0. The molecule has 1 amide bonds. The molecule has 0 radical (unpaired) electrons. The van der Waals surface area contributed by atoms with E-state index in [1.807, 2.05) is 0 Å². The van der Waals surface area contributed by atoms with Crippen molar-refractivity contribution in [1.29, 1.82) is 0 Å². The third-order valence-electron chi connectivity index (χ3n) is 1.78. The van der Waals surface area contributed by atoms with Crippen LogP contribution in [-0.2, 0) is 4.79 Å². The van der Waals surface area contributed by atoms with Crippen LogP contribution < -0.4 is 10.5 Å². The van der Waals surface area contributed by atoms with E-state index in [9.17, 15) is 9.18 Å². The maximum Gasteiger partial charge on any atom is 0.258 e. The molecule has 1 aromatic rings. The standard InChI is InChI=1S/C10H12FNO2/c1-2-9(10(12)13)14-8-5-3-7(11)4-6-8/h3-6,9H,2H2,1H3,(H2,12,13)/t9-/m0/s1. The Kier molecular flexibility index (Phi) is 3.45. The third-order valence-corrected chi connectivity index (χ3v) is 1.78. The van der Waals surface area contributed by atoms with Crippen molar-refractivity contribution in [2.24, 2.45) is 5.73 Å². The fourth-order valence-electron chi connectivity index (χ4n) is 1.02. The Bertz CT molecular complexity index is 310. The van der Waals surface area contributed by atoms with Gasteiger partial charge in [0.25, 0.3) is 5.91 Å². The highest BCUT2D eigenvalue weighted by molar-refractivity contribution is 5.79. The van der Waals surface area contributed by atoms with Crippen molar-refractivity contribution < 1.29 is 13.9 Å². The molecule has 0 aliphatic carbocycles. The van der Waals surface area contributed by atoms with E-state index in [0.29, 0.717) is 12.2 Å². The number of halogens is 1. The number of rotatable bonds is 4. The highest BCUT2D eigenvalue weighted by Gasteiger charge is 2.13. The Labute approximate surface area is 81.7 Å². The van der Waals surface area contributed by atoms with Gasteiger partial charge in [0.15, 0.2) is 6.10 Å². The highest BCUT2D eigenvalue weighted by Crippen LogP contribution is 2.13. The van der Waals surface area contributed by atoms with Gasteiger partial charge in [0, 0.05) is 0 Å². The molecule has 1 rings (SSSR count). The molecule has 1 atom stereocenters. The summed E-state index contributed by atoms with van der Waals surface area (Å²) in [4.78, 5) is 10.8. The van der Waals surface area contributed by atoms with E-state index in [-0.39, 0.29) is 5.82 Å². The fourth-order valence-corrected chi connectivity index (χ4v) is 1.02. The Balaban J connectivity index is 2.67. The average Bonchev–Trinajstić information content (AvgIpc) is 2.16. The number of benzene rings is 1. The van der Waals surface area contributed by atoms with Gasteiger partial charge < -0.3 is 10.5 Å². The van der Waals surface area contributed by atoms with Crippen LogP contribution >= 0.6 is 0 Å². The molecule has 0 spiro atoms. The van der Waals surface area contributed by atoms with E-state index < -0.39 is 12.0 Å². The quantitative estimate of drug-likeness (QED) is 0.794. The minimum Gasteiger partial charge on any atom is -0.481 e. The summed E-state index contributed by atoms with van der Waals surface area (Å²) in [5.41, 5.74) is 5.09. The minimum atomic E-state index is -0.652. The molecule has 0 fully saturated rings. The Morgan fingerprint density at radius 2 is 2.07 bits per heavy atom. The van der Waals surface area contributed by atoms with Crippen molar-refractivity contribution in [3.8, 4) is 5.75 Å².